The number of aromatic nitrogens is 2. The van der Waals surface area contributed by atoms with Crippen molar-refractivity contribution in [2.75, 3.05) is 20.0 Å². The van der Waals surface area contributed by atoms with Crippen LogP contribution in [0, 0.1) is 6.92 Å². The first-order valence-electron chi connectivity index (χ1n) is 5.93. The first-order valence-corrected chi connectivity index (χ1v) is 5.93. The van der Waals surface area contributed by atoms with Crippen LogP contribution < -0.4 is 15.2 Å². The van der Waals surface area contributed by atoms with Gasteiger partial charge in [0.2, 0.25) is 23.4 Å². The fourth-order valence-electron chi connectivity index (χ4n) is 1.71. The van der Waals surface area contributed by atoms with E-state index in [0.717, 1.165) is 5.56 Å². The van der Waals surface area contributed by atoms with Crippen molar-refractivity contribution in [1.29, 1.82) is 0 Å². The molecule has 6 nitrogen and oxygen atoms in total. The zero-order chi connectivity index (χ0) is 14.7. The molecule has 2 rings (SSSR count). The van der Waals surface area contributed by atoms with Crippen molar-refractivity contribution < 1.29 is 14.3 Å². The topological polar surface area (TPSA) is 87.3 Å². The first-order chi connectivity index (χ1) is 9.56. The van der Waals surface area contributed by atoms with Crippen LogP contribution in [-0.4, -0.2) is 30.0 Å². The van der Waals surface area contributed by atoms with Gasteiger partial charge in [-0.3, -0.25) is 4.79 Å². The summed E-state index contributed by atoms with van der Waals surface area (Å²) < 4.78 is 10.0. The van der Waals surface area contributed by atoms with Crippen molar-refractivity contribution in [2.45, 2.75) is 6.92 Å². The van der Waals surface area contributed by atoms with Gasteiger partial charge >= 0.3 is 0 Å². The molecule has 0 amide bonds. The number of rotatable bonds is 4. The van der Waals surface area contributed by atoms with Crippen LogP contribution in [0.5, 0.6) is 11.8 Å². The molecule has 104 valence electrons. The van der Waals surface area contributed by atoms with Gasteiger partial charge in [-0.05, 0) is 18.6 Å². The van der Waals surface area contributed by atoms with E-state index in [1.807, 2.05) is 13.0 Å². The van der Waals surface area contributed by atoms with Crippen LogP contribution in [0.3, 0.4) is 0 Å². The van der Waals surface area contributed by atoms with Gasteiger partial charge in [0.1, 0.15) is 0 Å². The number of aryl methyl sites for hydroxylation is 1. The minimum Gasteiger partial charge on any atom is -0.481 e. The standard InChI is InChI=1S/C14H15N3O3/c1-8-5-4-6-9(12(8)15)13(18)14-16-10(19-2)7-11(17-14)20-3/h4-7H,15H2,1-3H3. The predicted octanol–water partition coefficient (Wildman–Crippen LogP) is 1.62. The maximum Gasteiger partial charge on any atom is 0.232 e. The smallest absolute Gasteiger partial charge is 0.232 e. The molecule has 0 saturated carbocycles. The third kappa shape index (κ3) is 2.54. The van der Waals surface area contributed by atoms with Crippen molar-refractivity contribution in [2.24, 2.45) is 0 Å². The molecule has 2 aromatic rings. The number of ketones is 1. The quantitative estimate of drug-likeness (QED) is 0.672. The third-order valence-electron chi connectivity index (χ3n) is 2.87. The molecule has 0 aliphatic heterocycles. The third-order valence-corrected chi connectivity index (χ3v) is 2.87. The van der Waals surface area contributed by atoms with Crippen molar-refractivity contribution in [3.05, 3.63) is 41.2 Å². The van der Waals surface area contributed by atoms with Crippen LogP contribution in [0.15, 0.2) is 24.3 Å². The number of nitrogens with two attached hydrogens (primary N) is 1. The maximum absolute atomic E-state index is 12.4. The van der Waals surface area contributed by atoms with Gasteiger partial charge in [0.25, 0.3) is 0 Å². The van der Waals surface area contributed by atoms with E-state index in [0.29, 0.717) is 11.3 Å². The second kappa shape index (κ2) is 5.56. The molecule has 6 heteroatoms. The molecule has 2 N–H and O–H groups in total. The van der Waals surface area contributed by atoms with E-state index in [9.17, 15) is 4.79 Å². The number of hydrogen-bond acceptors (Lipinski definition) is 6. The summed E-state index contributed by atoms with van der Waals surface area (Å²) in [6.07, 6.45) is 0. The molecule has 0 aliphatic rings. The summed E-state index contributed by atoms with van der Waals surface area (Å²) in [5, 5.41) is 0. The van der Waals surface area contributed by atoms with Crippen molar-refractivity contribution in [1.82, 2.24) is 9.97 Å². The molecule has 1 aromatic heterocycles. The highest BCUT2D eigenvalue weighted by atomic mass is 16.5. The monoisotopic (exact) mass is 273 g/mol. The molecule has 0 spiro atoms. The Morgan fingerprint density at radius 2 is 1.75 bits per heavy atom. The predicted molar refractivity (Wildman–Crippen MR) is 74.2 cm³/mol. The molecule has 0 unspecified atom stereocenters. The van der Waals surface area contributed by atoms with Crippen LogP contribution >= 0.6 is 0 Å². The van der Waals surface area contributed by atoms with Gasteiger partial charge < -0.3 is 15.2 Å². The molecule has 1 heterocycles. The average molecular weight is 273 g/mol. The van der Waals surface area contributed by atoms with Gasteiger partial charge in [-0.2, -0.15) is 9.97 Å². The highest BCUT2D eigenvalue weighted by molar-refractivity contribution is 6.10. The van der Waals surface area contributed by atoms with Crippen LogP contribution in [0.2, 0.25) is 0 Å². The van der Waals surface area contributed by atoms with Crippen LogP contribution in [0.25, 0.3) is 0 Å². The Labute approximate surface area is 116 Å². The van der Waals surface area contributed by atoms with Gasteiger partial charge in [-0.1, -0.05) is 12.1 Å². The number of nitrogen functional groups attached to an aromatic ring is 1. The summed E-state index contributed by atoms with van der Waals surface area (Å²) >= 11 is 0. The van der Waals surface area contributed by atoms with E-state index in [2.05, 4.69) is 9.97 Å². The molecule has 0 atom stereocenters. The number of methoxy groups -OCH3 is 2. The van der Waals surface area contributed by atoms with Crippen LogP contribution in [-0.2, 0) is 0 Å². The lowest BCUT2D eigenvalue weighted by Crippen LogP contribution is -2.11. The highest BCUT2D eigenvalue weighted by Crippen LogP contribution is 2.21. The lowest BCUT2D eigenvalue weighted by Gasteiger charge is -2.08. The van der Waals surface area contributed by atoms with Crippen LogP contribution in [0.1, 0.15) is 21.7 Å². The Kier molecular flexibility index (Phi) is 3.84. The lowest BCUT2D eigenvalue weighted by molar-refractivity contribution is 0.102. The molecule has 1 aromatic carbocycles. The lowest BCUT2D eigenvalue weighted by atomic mass is 10.0. The maximum atomic E-state index is 12.4. The number of nitrogens with zero attached hydrogens (tertiary/aromatic N) is 2. The summed E-state index contributed by atoms with van der Waals surface area (Å²) in [5.41, 5.74) is 7.53. The Morgan fingerprint density at radius 1 is 1.15 bits per heavy atom. The number of benzene rings is 1. The molecule has 0 saturated heterocycles. The van der Waals surface area contributed by atoms with E-state index < -0.39 is 0 Å². The molecule has 0 fully saturated rings. The first kappa shape index (κ1) is 13.8. The number of anilines is 1. The van der Waals surface area contributed by atoms with Crippen molar-refractivity contribution in [3.63, 3.8) is 0 Å². The van der Waals surface area contributed by atoms with Gasteiger partial charge in [-0.25, -0.2) is 0 Å². The summed E-state index contributed by atoms with van der Waals surface area (Å²) in [5.74, 6) is 0.125. The zero-order valence-corrected chi connectivity index (χ0v) is 11.5. The van der Waals surface area contributed by atoms with E-state index in [1.54, 1.807) is 12.1 Å². The van der Waals surface area contributed by atoms with Gasteiger partial charge in [0, 0.05) is 11.3 Å². The fraction of sp³-hybridized carbons (Fsp3) is 0.214. The van der Waals surface area contributed by atoms with Gasteiger partial charge in [-0.15, -0.1) is 0 Å². The second-order valence-corrected chi connectivity index (χ2v) is 4.14. The Hall–Kier alpha value is -2.63. The molecule has 0 radical (unpaired) electrons. The Morgan fingerprint density at radius 3 is 2.30 bits per heavy atom. The van der Waals surface area contributed by atoms with Crippen LogP contribution in [0.4, 0.5) is 5.69 Å². The molecule has 0 bridgehead atoms. The number of ether oxygens (including phenoxy) is 2. The van der Waals surface area contributed by atoms with E-state index in [1.165, 1.54) is 20.3 Å². The minimum atomic E-state index is -0.372. The van der Waals surface area contributed by atoms with E-state index >= 15 is 0 Å². The summed E-state index contributed by atoms with van der Waals surface area (Å²) in [6.45, 7) is 1.83. The number of hydrogen-bond donors (Lipinski definition) is 1. The summed E-state index contributed by atoms with van der Waals surface area (Å²) in [4.78, 5) is 20.5. The Bertz CT molecular complexity index is 634. The molecule has 20 heavy (non-hydrogen) atoms. The number of para-hydroxylation sites is 1. The van der Waals surface area contributed by atoms with E-state index in [4.69, 9.17) is 15.2 Å². The summed E-state index contributed by atoms with van der Waals surface area (Å²) in [6, 6.07) is 6.73. The van der Waals surface area contributed by atoms with E-state index in [-0.39, 0.29) is 23.4 Å². The SMILES string of the molecule is COc1cc(OC)nc(C(=O)c2cccc(C)c2N)n1. The van der Waals surface area contributed by atoms with Crippen molar-refractivity contribution in [3.8, 4) is 11.8 Å². The normalized spacial score (nSPS) is 10.2. The largest absolute Gasteiger partial charge is 0.481 e. The second-order valence-electron chi connectivity index (χ2n) is 4.14. The highest BCUT2D eigenvalue weighted by Gasteiger charge is 2.18. The number of carbonyl (C=O) groups excluding carboxylic acids is 1. The molecular weight excluding hydrogens is 258 g/mol. The average Bonchev–Trinajstić information content (AvgIpc) is 2.48. The minimum absolute atomic E-state index is 0.0153. The number of carbonyl (C=O) groups is 1. The summed E-state index contributed by atoms with van der Waals surface area (Å²) in [7, 11) is 2.91. The molecule has 0 aliphatic carbocycles. The van der Waals surface area contributed by atoms with Crippen molar-refractivity contribution >= 4 is 11.5 Å². The fourth-order valence-corrected chi connectivity index (χ4v) is 1.71. The zero-order valence-electron chi connectivity index (χ0n) is 11.5. The van der Waals surface area contributed by atoms with Gasteiger partial charge in [0.05, 0.1) is 20.3 Å². The van der Waals surface area contributed by atoms with Gasteiger partial charge in [0.15, 0.2) is 0 Å². The Balaban J connectivity index is 2.50. The molecular formula is C14H15N3O3.